The molecular formula is C24H27FN6O2. The van der Waals surface area contributed by atoms with Crippen molar-refractivity contribution in [1.82, 2.24) is 24.5 Å². The van der Waals surface area contributed by atoms with E-state index in [1.54, 1.807) is 17.8 Å². The molecule has 0 aliphatic rings. The monoisotopic (exact) mass is 450 g/mol. The normalized spacial score (nSPS) is 11.3. The molecule has 33 heavy (non-hydrogen) atoms. The summed E-state index contributed by atoms with van der Waals surface area (Å²) in [7, 11) is 3.67. The van der Waals surface area contributed by atoms with Gasteiger partial charge in [0.05, 0.1) is 6.61 Å². The van der Waals surface area contributed by atoms with Crippen LogP contribution in [0.5, 0.6) is 5.75 Å². The third kappa shape index (κ3) is 4.58. The van der Waals surface area contributed by atoms with Crippen molar-refractivity contribution in [3.63, 3.8) is 0 Å². The molecule has 0 saturated heterocycles. The number of fused-ring (bicyclic) bond motifs is 1. The van der Waals surface area contributed by atoms with E-state index in [0.29, 0.717) is 12.2 Å². The summed E-state index contributed by atoms with van der Waals surface area (Å²) in [6, 6.07) is 8.38. The molecule has 1 aromatic carbocycles. The average molecular weight is 451 g/mol. The van der Waals surface area contributed by atoms with Crippen LogP contribution in [0, 0.1) is 12.7 Å². The van der Waals surface area contributed by atoms with Crippen molar-refractivity contribution in [3.05, 3.63) is 71.2 Å². The smallest absolute Gasteiger partial charge is 0.269 e. The van der Waals surface area contributed by atoms with E-state index in [2.05, 4.69) is 15.4 Å². The fourth-order valence-corrected chi connectivity index (χ4v) is 3.89. The molecule has 0 saturated carbocycles. The number of hydrogen-bond acceptors (Lipinski definition) is 5. The van der Waals surface area contributed by atoms with Gasteiger partial charge in [-0.1, -0.05) is 0 Å². The second-order valence-corrected chi connectivity index (χ2v) is 7.89. The average Bonchev–Trinajstić information content (AvgIpc) is 3.33. The summed E-state index contributed by atoms with van der Waals surface area (Å²) in [5.74, 6) is -0.543. The van der Waals surface area contributed by atoms with Crippen LogP contribution in [0.4, 0.5) is 4.39 Å². The lowest BCUT2D eigenvalue weighted by atomic mass is 10.1. The summed E-state index contributed by atoms with van der Waals surface area (Å²) in [6.07, 6.45) is 5.11. The number of aromatic nitrogens is 4. The molecule has 3 heterocycles. The predicted molar refractivity (Wildman–Crippen MR) is 124 cm³/mol. The third-order valence-electron chi connectivity index (χ3n) is 5.77. The van der Waals surface area contributed by atoms with Crippen molar-refractivity contribution in [1.29, 1.82) is 0 Å². The maximum absolute atomic E-state index is 14.1. The van der Waals surface area contributed by atoms with Crippen LogP contribution in [0.1, 0.15) is 27.4 Å². The van der Waals surface area contributed by atoms with E-state index < -0.39 is 5.91 Å². The van der Waals surface area contributed by atoms with E-state index in [-0.39, 0.29) is 18.1 Å². The van der Waals surface area contributed by atoms with Crippen molar-refractivity contribution < 1.29 is 13.9 Å². The zero-order valence-corrected chi connectivity index (χ0v) is 18.9. The van der Waals surface area contributed by atoms with Crippen LogP contribution in [0.3, 0.4) is 0 Å². The highest BCUT2D eigenvalue weighted by Crippen LogP contribution is 2.31. The lowest BCUT2D eigenvalue weighted by Gasteiger charge is -2.13. The number of benzene rings is 1. The highest BCUT2D eigenvalue weighted by atomic mass is 19.1. The van der Waals surface area contributed by atoms with Gasteiger partial charge in [-0.05, 0) is 38.2 Å². The molecule has 0 unspecified atom stereocenters. The summed E-state index contributed by atoms with van der Waals surface area (Å²) >= 11 is 0. The first-order chi connectivity index (χ1) is 15.9. The van der Waals surface area contributed by atoms with Crippen LogP contribution in [-0.4, -0.2) is 45.3 Å². The van der Waals surface area contributed by atoms with Crippen LogP contribution in [0.2, 0.25) is 0 Å². The van der Waals surface area contributed by atoms with E-state index >= 15 is 0 Å². The van der Waals surface area contributed by atoms with E-state index in [1.807, 2.05) is 42.9 Å². The largest absolute Gasteiger partial charge is 0.492 e. The Hall–Kier alpha value is -3.72. The molecule has 4 aromatic rings. The quantitative estimate of drug-likeness (QED) is 0.408. The Morgan fingerprint density at radius 2 is 2.06 bits per heavy atom. The maximum atomic E-state index is 14.1. The van der Waals surface area contributed by atoms with Gasteiger partial charge in [0.15, 0.2) is 5.69 Å². The summed E-state index contributed by atoms with van der Waals surface area (Å²) in [5.41, 5.74) is 10.9. The highest BCUT2D eigenvalue weighted by Gasteiger charge is 2.18. The molecule has 1 amide bonds. The minimum atomic E-state index is -0.581. The van der Waals surface area contributed by atoms with Crippen molar-refractivity contribution >= 4 is 11.6 Å². The van der Waals surface area contributed by atoms with Gasteiger partial charge in [0.1, 0.15) is 17.2 Å². The molecule has 0 spiro atoms. The Balaban J connectivity index is 1.61. The summed E-state index contributed by atoms with van der Waals surface area (Å²) < 4.78 is 23.7. The Bertz CT molecular complexity index is 1310. The summed E-state index contributed by atoms with van der Waals surface area (Å²) in [6.45, 7) is 2.95. The lowest BCUT2D eigenvalue weighted by molar-refractivity contribution is 0.0994. The van der Waals surface area contributed by atoms with E-state index in [0.717, 1.165) is 46.7 Å². The Labute approximate surface area is 191 Å². The number of primary amides is 1. The van der Waals surface area contributed by atoms with Gasteiger partial charge in [-0.15, -0.1) is 0 Å². The predicted octanol–water partition coefficient (Wildman–Crippen LogP) is 2.66. The Morgan fingerprint density at radius 1 is 1.24 bits per heavy atom. The number of carbonyl (C=O) groups excluding carboxylic acids is 1. The number of rotatable bonds is 9. The van der Waals surface area contributed by atoms with Crippen LogP contribution in [0.15, 0.2) is 42.7 Å². The van der Waals surface area contributed by atoms with Gasteiger partial charge in [0, 0.05) is 73.0 Å². The number of aryl methyl sites for hydroxylation is 1. The topological polar surface area (TPSA) is 99.5 Å². The van der Waals surface area contributed by atoms with Gasteiger partial charge in [0.25, 0.3) is 5.91 Å². The number of pyridine rings is 1. The SMILES string of the molecule is CNCCc1cnc2ccc(-c3ccc(F)cc3OCCc3c(C(N)=O)nn(C)c3C)cn12. The number of hydrogen-bond donors (Lipinski definition) is 2. The molecular weight excluding hydrogens is 423 g/mol. The lowest BCUT2D eigenvalue weighted by Crippen LogP contribution is -2.15. The highest BCUT2D eigenvalue weighted by molar-refractivity contribution is 5.92. The van der Waals surface area contributed by atoms with Crippen molar-refractivity contribution in [2.75, 3.05) is 20.2 Å². The number of nitrogens with two attached hydrogens (primary N) is 1. The van der Waals surface area contributed by atoms with E-state index in [1.165, 1.54) is 12.1 Å². The second kappa shape index (κ2) is 9.41. The molecule has 4 rings (SSSR count). The molecule has 0 atom stereocenters. The molecule has 3 N–H and O–H groups in total. The van der Waals surface area contributed by atoms with Crippen LogP contribution in [0.25, 0.3) is 16.8 Å². The first kappa shape index (κ1) is 22.5. The van der Waals surface area contributed by atoms with Gasteiger partial charge < -0.3 is 20.2 Å². The van der Waals surface area contributed by atoms with Crippen LogP contribution in [-0.2, 0) is 19.9 Å². The first-order valence-electron chi connectivity index (χ1n) is 10.7. The van der Waals surface area contributed by atoms with Gasteiger partial charge >= 0.3 is 0 Å². The van der Waals surface area contributed by atoms with Crippen molar-refractivity contribution in [2.45, 2.75) is 19.8 Å². The fraction of sp³-hybridized carbons (Fsp3) is 0.292. The van der Waals surface area contributed by atoms with E-state index in [9.17, 15) is 9.18 Å². The van der Waals surface area contributed by atoms with E-state index in [4.69, 9.17) is 10.5 Å². The van der Waals surface area contributed by atoms with Crippen molar-refractivity contribution in [2.24, 2.45) is 12.8 Å². The van der Waals surface area contributed by atoms with Gasteiger partial charge in [0.2, 0.25) is 0 Å². The fourth-order valence-electron chi connectivity index (χ4n) is 3.89. The summed E-state index contributed by atoms with van der Waals surface area (Å²) in [4.78, 5) is 16.2. The number of nitrogens with zero attached hydrogens (tertiary/aromatic N) is 4. The molecule has 0 aliphatic heterocycles. The number of likely N-dealkylation sites (N-methyl/N-ethyl adjacent to an activating group) is 1. The first-order valence-corrected chi connectivity index (χ1v) is 10.7. The Kier molecular flexibility index (Phi) is 6.41. The molecule has 8 nitrogen and oxygen atoms in total. The maximum Gasteiger partial charge on any atom is 0.269 e. The number of carbonyl (C=O) groups is 1. The zero-order chi connectivity index (χ0) is 23.5. The molecule has 9 heteroatoms. The number of nitrogens with one attached hydrogen (secondary N) is 1. The van der Waals surface area contributed by atoms with Gasteiger partial charge in [-0.2, -0.15) is 5.10 Å². The van der Waals surface area contributed by atoms with Crippen LogP contribution >= 0.6 is 0 Å². The third-order valence-corrected chi connectivity index (χ3v) is 5.77. The molecule has 0 fully saturated rings. The number of halogens is 1. The number of ether oxygens (including phenoxy) is 1. The molecule has 0 radical (unpaired) electrons. The minimum Gasteiger partial charge on any atom is -0.492 e. The van der Waals surface area contributed by atoms with Crippen molar-refractivity contribution in [3.8, 4) is 16.9 Å². The molecule has 172 valence electrons. The van der Waals surface area contributed by atoms with Gasteiger partial charge in [-0.3, -0.25) is 9.48 Å². The summed E-state index contributed by atoms with van der Waals surface area (Å²) in [5, 5.41) is 7.33. The molecule has 3 aromatic heterocycles. The second-order valence-electron chi connectivity index (χ2n) is 7.89. The standard InChI is InChI=1S/C24H27FN6O2/c1-15-19(23(24(26)32)29-30(15)3)9-11-33-21-12-17(25)5-6-20(21)16-4-7-22-28-13-18(8-10-27-2)31(22)14-16/h4-7,12-14,27H,8-11H2,1-3H3,(H2,26,32). The Morgan fingerprint density at radius 3 is 2.82 bits per heavy atom. The molecule has 0 aliphatic carbocycles. The molecule has 0 bridgehead atoms. The van der Waals surface area contributed by atoms with Crippen LogP contribution < -0.4 is 15.8 Å². The van der Waals surface area contributed by atoms with Gasteiger partial charge in [-0.25, -0.2) is 9.37 Å². The number of amides is 1. The zero-order valence-electron chi connectivity index (χ0n) is 18.9. The minimum absolute atomic E-state index is 0.234. The number of imidazole rings is 1.